The second-order valence-corrected chi connectivity index (χ2v) is 2.96. The topological polar surface area (TPSA) is 52.6 Å². The minimum Gasteiger partial charge on any atom is -0.454 e. The van der Waals surface area contributed by atoms with Crippen LogP contribution in [0.15, 0.2) is 0 Å². The van der Waals surface area contributed by atoms with Gasteiger partial charge in [-0.1, -0.05) is 6.92 Å². The first-order valence-electron chi connectivity index (χ1n) is 3.87. The van der Waals surface area contributed by atoms with E-state index in [2.05, 4.69) is 4.74 Å². The lowest BCUT2D eigenvalue weighted by Gasteiger charge is -2.05. The first-order valence-corrected chi connectivity index (χ1v) is 3.87. The highest BCUT2D eigenvalue weighted by Crippen LogP contribution is 2.20. The van der Waals surface area contributed by atoms with E-state index < -0.39 is 6.10 Å². The molecule has 1 saturated heterocycles. The summed E-state index contributed by atoms with van der Waals surface area (Å²) in [5.41, 5.74) is 0. The Balaban J connectivity index is 2.46. The van der Waals surface area contributed by atoms with E-state index in [-0.39, 0.29) is 24.3 Å². The Labute approximate surface area is 70.8 Å². The summed E-state index contributed by atoms with van der Waals surface area (Å²) in [7, 11) is 1.44. The van der Waals surface area contributed by atoms with Crippen LogP contribution >= 0.6 is 0 Å². The number of esters is 1. The molecule has 0 aliphatic carbocycles. The van der Waals surface area contributed by atoms with Crippen molar-refractivity contribution in [3.63, 3.8) is 0 Å². The first-order chi connectivity index (χ1) is 5.65. The van der Waals surface area contributed by atoms with Crippen molar-refractivity contribution in [3.05, 3.63) is 0 Å². The van der Waals surface area contributed by atoms with Gasteiger partial charge < -0.3 is 9.47 Å². The molecule has 0 bridgehead atoms. The molecule has 1 rings (SSSR count). The van der Waals surface area contributed by atoms with Crippen LogP contribution in [0.5, 0.6) is 0 Å². The number of ether oxygens (including phenoxy) is 2. The van der Waals surface area contributed by atoms with Gasteiger partial charge in [0, 0.05) is 13.5 Å². The van der Waals surface area contributed by atoms with Gasteiger partial charge in [0.1, 0.15) is 6.61 Å². The van der Waals surface area contributed by atoms with E-state index in [1.807, 2.05) is 0 Å². The van der Waals surface area contributed by atoms with Crippen molar-refractivity contribution in [2.75, 3.05) is 13.7 Å². The summed E-state index contributed by atoms with van der Waals surface area (Å²) >= 11 is 0. The zero-order valence-electron chi connectivity index (χ0n) is 7.20. The normalized spacial score (nSPS) is 28.7. The summed E-state index contributed by atoms with van der Waals surface area (Å²) in [5.74, 6) is -0.601. The molecule has 2 atom stereocenters. The number of hydrogen-bond donors (Lipinski definition) is 0. The molecule has 1 fully saturated rings. The SMILES string of the molecule is COCC(=O)C1CC(C)C(=O)O1. The maximum atomic E-state index is 11.1. The summed E-state index contributed by atoms with van der Waals surface area (Å²) < 4.78 is 9.47. The minimum absolute atomic E-state index is 0.0185. The zero-order chi connectivity index (χ0) is 9.14. The van der Waals surface area contributed by atoms with Gasteiger partial charge in [0.25, 0.3) is 0 Å². The molecule has 1 aliphatic heterocycles. The molecule has 0 spiro atoms. The summed E-state index contributed by atoms with van der Waals surface area (Å²) in [6.07, 6.45) is -0.0893. The molecule has 0 saturated carbocycles. The van der Waals surface area contributed by atoms with E-state index >= 15 is 0 Å². The summed E-state index contributed by atoms with van der Waals surface area (Å²) in [4.78, 5) is 22.0. The number of Topliss-reactive ketones (excluding diaryl/α,β-unsaturated/α-hetero) is 1. The van der Waals surface area contributed by atoms with E-state index in [4.69, 9.17) is 4.74 Å². The number of carbonyl (C=O) groups is 2. The standard InChI is InChI=1S/C8H12O4/c1-5-3-7(12-8(5)10)6(9)4-11-2/h5,7H,3-4H2,1-2H3. The molecule has 68 valence electrons. The number of carbonyl (C=O) groups excluding carboxylic acids is 2. The Bertz CT molecular complexity index is 199. The Morgan fingerprint density at radius 3 is 2.83 bits per heavy atom. The fourth-order valence-electron chi connectivity index (χ4n) is 1.15. The van der Waals surface area contributed by atoms with E-state index in [1.165, 1.54) is 7.11 Å². The lowest BCUT2D eigenvalue weighted by atomic mass is 10.1. The van der Waals surface area contributed by atoms with Gasteiger partial charge in [-0.15, -0.1) is 0 Å². The number of hydrogen-bond acceptors (Lipinski definition) is 4. The monoisotopic (exact) mass is 172 g/mol. The molecule has 0 radical (unpaired) electrons. The molecular weight excluding hydrogens is 160 g/mol. The minimum atomic E-state index is -0.576. The highest BCUT2D eigenvalue weighted by Gasteiger charge is 2.35. The first kappa shape index (κ1) is 9.19. The highest BCUT2D eigenvalue weighted by molar-refractivity contribution is 5.89. The van der Waals surface area contributed by atoms with Gasteiger partial charge in [0.05, 0.1) is 5.92 Å². The van der Waals surface area contributed by atoms with Crippen LogP contribution in [0.25, 0.3) is 0 Å². The molecule has 2 unspecified atom stereocenters. The molecule has 0 aromatic rings. The van der Waals surface area contributed by atoms with Gasteiger partial charge in [-0.3, -0.25) is 9.59 Å². The van der Waals surface area contributed by atoms with Gasteiger partial charge in [-0.25, -0.2) is 0 Å². The number of ketones is 1. The van der Waals surface area contributed by atoms with Gasteiger partial charge in [-0.2, -0.15) is 0 Å². The van der Waals surface area contributed by atoms with Crippen molar-refractivity contribution in [3.8, 4) is 0 Å². The fraction of sp³-hybridized carbons (Fsp3) is 0.750. The van der Waals surface area contributed by atoms with Crippen LogP contribution in [0.4, 0.5) is 0 Å². The summed E-state index contributed by atoms with van der Waals surface area (Å²) in [6.45, 7) is 1.77. The quantitative estimate of drug-likeness (QED) is 0.569. The maximum Gasteiger partial charge on any atom is 0.309 e. The van der Waals surface area contributed by atoms with Crippen LogP contribution in [0.1, 0.15) is 13.3 Å². The third-order valence-electron chi connectivity index (χ3n) is 1.87. The molecule has 12 heavy (non-hydrogen) atoms. The number of methoxy groups -OCH3 is 1. The van der Waals surface area contributed by atoms with Crippen molar-refractivity contribution in [1.82, 2.24) is 0 Å². The predicted octanol–water partition coefficient (Wildman–Crippen LogP) is 0.153. The molecule has 1 heterocycles. The van der Waals surface area contributed by atoms with E-state index in [9.17, 15) is 9.59 Å². The second kappa shape index (κ2) is 3.67. The van der Waals surface area contributed by atoms with E-state index in [1.54, 1.807) is 6.92 Å². The Hall–Kier alpha value is -0.900. The Kier molecular flexibility index (Phi) is 2.81. The van der Waals surface area contributed by atoms with Crippen LogP contribution in [0.3, 0.4) is 0 Å². The van der Waals surface area contributed by atoms with Crippen molar-refractivity contribution in [2.45, 2.75) is 19.4 Å². The van der Waals surface area contributed by atoms with Gasteiger partial charge in [0.15, 0.2) is 11.9 Å². The average molecular weight is 172 g/mol. The van der Waals surface area contributed by atoms with E-state index in [0.29, 0.717) is 6.42 Å². The molecular formula is C8H12O4. The van der Waals surface area contributed by atoms with Crippen LogP contribution in [-0.4, -0.2) is 31.6 Å². The zero-order valence-corrected chi connectivity index (χ0v) is 7.20. The third kappa shape index (κ3) is 1.82. The summed E-state index contributed by atoms with van der Waals surface area (Å²) in [6, 6.07) is 0. The molecule has 0 amide bonds. The second-order valence-electron chi connectivity index (χ2n) is 2.96. The van der Waals surface area contributed by atoms with E-state index in [0.717, 1.165) is 0 Å². The lowest BCUT2D eigenvalue weighted by molar-refractivity contribution is -0.150. The van der Waals surface area contributed by atoms with Crippen LogP contribution in [0, 0.1) is 5.92 Å². The Morgan fingerprint density at radius 2 is 2.42 bits per heavy atom. The van der Waals surface area contributed by atoms with Gasteiger partial charge >= 0.3 is 5.97 Å². The smallest absolute Gasteiger partial charge is 0.309 e. The van der Waals surface area contributed by atoms with Gasteiger partial charge in [-0.05, 0) is 0 Å². The van der Waals surface area contributed by atoms with Crippen molar-refractivity contribution in [1.29, 1.82) is 0 Å². The molecule has 0 N–H and O–H groups in total. The van der Waals surface area contributed by atoms with Gasteiger partial charge in [0.2, 0.25) is 0 Å². The number of rotatable bonds is 3. The van der Waals surface area contributed by atoms with Crippen LogP contribution in [-0.2, 0) is 19.1 Å². The highest BCUT2D eigenvalue weighted by atomic mass is 16.6. The van der Waals surface area contributed by atoms with Crippen molar-refractivity contribution in [2.24, 2.45) is 5.92 Å². The predicted molar refractivity (Wildman–Crippen MR) is 40.5 cm³/mol. The Morgan fingerprint density at radius 1 is 1.75 bits per heavy atom. The molecule has 4 heteroatoms. The fourth-order valence-corrected chi connectivity index (χ4v) is 1.15. The third-order valence-corrected chi connectivity index (χ3v) is 1.87. The summed E-state index contributed by atoms with van der Waals surface area (Å²) in [5, 5.41) is 0. The molecule has 4 nitrogen and oxygen atoms in total. The molecule has 0 aromatic carbocycles. The average Bonchev–Trinajstić information content (AvgIpc) is 2.33. The lowest BCUT2D eigenvalue weighted by Crippen LogP contribution is -2.24. The van der Waals surface area contributed by atoms with Crippen molar-refractivity contribution >= 4 is 11.8 Å². The molecule has 0 aromatic heterocycles. The van der Waals surface area contributed by atoms with Crippen molar-refractivity contribution < 1.29 is 19.1 Å². The molecule has 1 aliphatic rings. The largest absolute Gasteiger partial charge is 0.454 e. The van der Waals surface area contributed by atoms with Crippen LogP contribution in [0.2, 0.25) is 0 Å². The van der Waals surface area contributed by atoms with Crippen LogP contribution < -0.4 is 0 Å². The number of cyclic esters (lactones) is 1. The maximum absolute atomic E-state index is 11.1.